The van der Waals surface area contributed by atoms with Gasteiger partial charge in [-0.25, -0.2) is 18.4 Å². The van der Waals surface area contributed by atoms with Crippen molar-refractivity contribution in [3.05, 3.63) is 59.9 Å². The summed E-state index contributed by atoms with van der Waals surface area (Å²) in [5, 5.41) is 7.26. The van der Waals surface area contributed by atoms with E-state index in [1.165, 1.54) is 0 Å². The molecule has 8 rings (SSSR count). The van der Waals surface area contributed by atoms with E-state index < -0.39 is 55.7 Å². The molecule has 3 amide bonds. The number of fused-ring (bicyclic) bond motifs is 5. The third-order valence-electron chi connectivity index (χ3n) is 12.5. The molecule has 5 unspecified atom stereocenters. The first-order chi connectivity index (χ1) is 26.8. The van der Waals surface area contributed by atoms with Crippen molar-refractivity contribution in [1.29, 1.82) is 0 Å². The lowest BCUT2D eigenvalue weighted by molar-refractivity contribution is -0.140. The van der Waals surface area contributed by atoms with Crippen LogP contribution in [-0.2, 0) is 30.8 Å². The van der Waals surface area contributed by atoms with E-state index in [0.29, 0.717) is 60.9 Å². The molecule has 0 bridgehead atoms. The van der Waals surface area contributed by atoms with Gasteiger partial charge < -0.3 is 29.7 Å². The van der Waals surface area contributed by atoms with E-state index in [4.69, 9.17) is 19.2 Å². The number of amides is 3. The minimum absolute atomic E-state index is 0.123. The summed E-state index contributed by atoms with van der Waals surface area (Å²) in [6.45, 7) is 3.64. The van der Waals surface area contributed by atoms with Crippen molar-refractivity contribution in [2.24, 2.45) is 5.92 Å². The molecule has 298 valence electrons. The second-order valence-corrected chi connectivity index (χ2v) is 18.6. The Morgan fingerprint density at radius 2 is 1.82 bits per heavy atom. The number of methoxy groups -OCH3 is 2. The zero-order valence-corrected chi connectivity index (χ0v) is 33.2. The summed E-state index contributed by atoms with van der Waals surface area (Å²) in [5.41, 5.74) is 0.113. The number of ether oxygens (including phenoxy) is 3. The van der Waals surface area contributed by atoms with E-state index >= 15 is 0 Å². The van der Waals surface area contributed by atoms with E-state index in [2.05, 4.69) is 20.3 Å². The van der Waals surface area contributed by atoms with Crippen LogP contribution in [0.3, 0.4) is 0 Å². The van der Waals surface area contributed by atoms with Gasteiger partial charge in [0.1, 0.15) is 46.3 Å². The second-order valence-electron chi connectivity index (χ2n) is 16.4. The van der Waals surface area contributed by atoms with Gasteiger partial charge in [-0.15, -0.1) is 0 Å². The highest BCUT2D eigenvalue weighted by atomic mass is 32.2. The average molecular weight is 787 g/mol. The summed E-state index contributed by atoms with van der Waals surface area (Å²) in [6.07, 6.45) is 11.7. The van der Waals surface area contributed by atoms with Crippen LogP contribution in [0.15, 0.2) is 48.7 Å². The van der Waals surface area contributed by atoms with Crippen molar-refractivity contribution in [1.82, 2.24) is 24.9 Å². The van der Waals surface area contributed by atoms with Crippen LogP contribution < -0.4 is 29.6 Å². The monoisotopic (exact) mass is 786 g/mol. The third-order valence-corrected chi connectivity index (χ3v) is 14.6. The molecule has 2 saturated carbocycles. The van der Waals surface area contributed by atoms with Crippen LogP contribution >= 0.6 is 0 Å². The molecule has 0 radical (unpaired) electrons. The molecule has 3 fully saturated rings. The number of rotatable bonds is 7. The van der Waals surface area contributed by atoms with Crippen molar-refractivity contribution >= 4 is 44.5 Å². The van der Waals surface area contributed by atoms with Crippen molar-refractivity contribution in [3.63, 3.8) is 0 Å². The van der Waals surface area contributed by atoms with Gasteiger partial charge in [0.15, 0.2) is 0 Å². The predicted molar refractivity (Wildman–Crippen MR) is 209 cm³/mol. The molecule has 2 aliphatic carbocycles. The minimum atomic E-state index is -3.97. The summed E-state index contributed by atoms with van der Waals surface area (Å²) in [6, 6.07) is 7.46. The third kappa shape index (κ3) is 6.92. The fourth-order valence-corrected chi connectivity index (χ4v) is 9.91. The molecular weight excluding hydrogens is 737 g/mol. The molecule has 1 saturated heterocycles. The zero-order valence-electron chi connectivity index (χ0n) is 32.4. The SMILES string of the molecule is COc1ccnc(NC2CCCCCC=CC3CC3(C(=O)NS(=O)(=O)C3(C)CC3)NC(=O)C3CC4(CCc5c(c(C)nc6ccc(OC)cc56)O4)CN3C2=O)c1. The molecule has 3 N–H and O–H groups in total. The van der Waals surface area contributed by atoms with Crippen molar-refractivity contribution in [2.45, 2.75) is 112 Å². The summed E-state index contributed by atoms with van der Waals surface area (Å²) in [7, 11) is -0.787. The van der Waals surface area contributed by atoms with Gasteiger partial charge in [0, 0.05) is 35.6 Å². The maximum atomic E-state index is 14.9. The van der Waals surface area contributed by atoms with Gasteiger partial charge in [0.25, 0.3) is 5.91 Å². The number of aromatic nitrogens is 2. The molecule has 1 spiro atoms. The average Bonchev–Trinajstić information content (AvgIpc) is 4.08. The maximum absolute atomic E-state index is 14.9. The molecule has 5 atom stereocenters. The predicted octanol–water partition coefficient (Wildman–Crippen LogP) is 4.49. The van der Waals surface area contributed by atoms with Gasteiger partial charge >= 0.3 is 0 Å². The van der Waals surface area contributed by atoms with Gasteiger partial charge in [-0.05, 0) is 89.5 Å². The summed E-state index contributed by atoms with van der Waals surface area (Å²) >= 11 is 0. The standard InChI is InChI=1S/C41H50N6O8S/c1-25-35-29(30-20-27(53-3)12-13-31(30)43-25)14-16-40(55-35)23-33-36(48)45-41(38(50)46-56(51,52)39(2)17-18-39)22-26(41)10-8-6-5-7-9-11-32(37(49)47(33)24-40)44-34-21-28(54-4)15-19-42-34/h8,10,12-13,15,19-21,26,32-33H,5-7,9,11,14,16-18,22-24H2,1-4H3,(H,42,44)(H,45,48)(H,46,50). The first-order valence-electron chi connectivity index (χ1n) is 19.6. The first kappa shape index (κ1) is 38.0. The largest absolute Gasteiger partial charge is 0.497 e. The number of sulfonamides is 1. The Morgan fingerprint density at radius 3 is 2.59 bits per heavy atom. The van der Waals surface area contributed by atoms with Crippen LogP contribution in [0, 0.1) is 12.8 Å². The van der Waals surface area contributed by atoms with E-state index in [-0.39, 0.29) is 25.3 Å². The normalized spacial score (nSPS) is 28.4. The van der Waals surface area contributed by atoms with Crippen LogP contribution in [0.4, 0.5) is 5.82 Å². The first-order valence-corrected chi connectivity index (χ1v) is 21.1. The van der Waals surface area contributed by atoms with Gasteiger partial charge in [-0.1, -0.05) is 25.0 Å². The molecular formula is C41H50N6O8S. The smallest absolute Gasteiger partial charge is 0.259 e. The fraction of sp³-hybridized carbons (Fsp3) is 0.537. The fourth-order valence-electron chi connectivity index (χ4n) is 8.59. The van der Waals surface area contributed by atoms with E-state index in [1.807, 2.05) is 37.3 Å². The number of nitrogens with one attached hydrogen (secondary N) is 3. The topological polar surface area (TPSA) is 178 Å². The quantitative estimate of drug-likeness (QED) is 0.288. The number of hydrogen-bond donors (Lipinski definition) is 3. The lowest BCUT2D eigenvalue weighted by atomic mass is 9.87. The van der Waals surface area contributed by atoms with Crippen LogP contribution in [0.2, 0.25) is 0 Å². The molecule has 5 aliphatic rings. The number of nitrogens with zero attached hydrogens (tertiary/aromatic N) is 3. The van der Waals surface area contributed by atoms with Crippen LogP contribution in [0.1, 0.15) is 82.4 Å². The second kappa shape index (κ2) is 14.2. The van der Waals surface area contributed by atoms with Crippen LogP contribution in [-0.4, -0.2) is 89.7 Å². The minimum Gasteiger partial charge on any atom is -0.497 e. The number of allylic oxidation sites excluding steroid dienone is 1. The molecule has 15 heteroatoms. The molecule has 56 heavy (non-hydrogen) atoms. The Balaban J connectivity index is 1.15. The maximum Gasteiger partial charge on any atom is 0.259 e. The Morgan fingerprint density at radius 1 is 1.04 bits per heavy atom. The van der Waals surface area contributed by atoms with Crippen LogP contribution in [0.25, 0.3) is 10.9 Å². The molecule has 3 aromatic rings. The number of carbonyl (C=O) groups is 3. The van der Waals surface area contributed by atoms with Crippen LogP contribution in [0.5, 0.6) is 17.2 Å². The van der Waals surface area contributed by atoms with Crippen molar-refractivity contribution in [3.8, 4) is 17.2 Å². The molecule has 5 heterocycles. The number of aryl methyl sites for hydroxylation is 2. The van der Waals surface area contributed by atoms with Crippen molar-refractivity contribution < 1.29 is 37.0 Å². The van der Waals surface area contributed by atoms with E-state index in [9.17, 15) is 22.8 Å². The molecule has 2 aromatic heterocycles. The molecule has 3 aliphatic heterocycles. The van der Waals surface area contributed by atoms with E-state index in [0.717, 1.165) is 42.1 Å². The number of benzene rings is 1. The number of anilines is 1. The highest BCUT2D eigenvalue weighted by molar-refractivity contribution is 7.91. The Bertz CT molecular complexity index is 2230. The highest BCUT2D eigenvalue weighted by Gasteiger charge is 2.64. The van der Waals surface area contributed by atoms with Gasteiger partial charge in [0.05, 0.1) is 36.7 Å². The lowest BCUT2D eigenvalue weighted by Gasteiger charge is -2.36. The number of hydrogen-bond acceptors (Lipinski definition) is 11. The Kier molecular flexibility index (Phi) is 9.65. The highest BCUT2D eigenvalue weighted by Crippen LogP contribution is 2.49. The number of carbonyl (C=O) groups excluding carboxylic acids is 3. The van der Waals surface area contributed by atoms with Gasteiger partial charge in [0.2, 0.25) is 21.8 Å². The van der Waals surface area contributed by atoms with Crippen molar-refractivity contribution in [2.75, 3.05) is 26.1 Å². The zero-order chi connectivity index (χ0) is 39.5. The summed E-state index contributed by atoms with van der Waals surface area (Å²) < 4.78 is 45.7. The molecule has 1 aromatic carbocycles. The number of pyridine rings is 2. The lowest BCUT2D eigenvalue weighted by Crippen LogP contribution is -2.58. The van der Waals surface area contributed by atoms with Gasteiger partial charge in [-0.3, -0.25) is 19.1 Å². The van der Waals surface area contributed by atoms with E-state index in [1.54, 1.807) is 44.4 Å². The summed E-state index contributed by atoms with van der Waals surface area (Å²) in [4.78, 5) is 54.6. The molecule has 14 nitrogen and oxygen atoms in total. The Hall–Kier alpha value is -4.92. The van der Waals surface area contributed by atoms with Gasteiger partial charge in [-0.2, -0.15) is 0 Å². The Labute approximate surface area is 327 Å². The summed E-state index contributed by atoms with van der Waals surface area (Å²) in [5.74, 6) is 0.410.